The molecule has 0 radical (unpaired) electrons. The highest BCUT2D eigenvalue weighted by Crippen LogP contribution is 2.19. The number of hydrogen-bond acceptors (Lipinski definition) is 4. The summed E-state index contributed by atoms with van der Waals surface area (Å²) in [6.45, 7) is 2.48. The van der Waals surface area contributed by atoms with Crippen molar-refractivity contribution in [2.24, 2.45) is 0 Å². The predicted octanol–water partition coefficient (Wildman–Crippen LogP) is 0.746. The van der Waals surface area contributed by atoms with Crippen LogP contribution >= 0.6 is 0 Å². The van der Waals surface area contributed by atoms with Gasteiger partial charge in [0.05, 0.1) is 6.54 Å². The summed E-state index contributed by atoms with van der Waals surface area (Å²) in [5.74, 6) is -0.584. The van der Waals surface area contributed by atoms with Crippen molar-refractivity contribution in [2.75, 3.05) is 19.6 Å². The third-order valence-corrected chi connectivity index (χ3v) is 4.27. The van der Waals surface area contributed by atoms with E-state index >= 15 is 0 Å². The third-order valence-electron chi connectivity index (χ3n) is 4.27. The van der Waals surface area contributed by atoms with Gasteiger partial charge in [0.1, 0.15) is 23.7 Å². The summed E-state index contributed by atoms with van der Waals surface area (Å²) >= 11 is 0. The lowest BCUT2D eigenvalue weighted by atomic mass is 10.0. The van der Waals surface area contributed by atoms with Gasteiger partial charge in [0.2, 0.25) is 11.8 Å². The molecule has 0 spiro atoms. The van der Waals surface area contributed by atoms with Crippen molar-refractivity contribution in [1.29, 1.82) is 0 Å². The molecule has 2 fully saturated rings. The van der Waals surface area contributed by atoms with Gasteiger partial charge in [-0.2, -0.15) is 0 Å². The van der Waals surface area contributed by atoms with E-state index in [4.69, 9.17) is 4.74 Å². The summed E-state index contributed by atoms with van der Waals surface area (Å²) in [6, 6.07) is 3.90. The number of nitrogens with one attached hydrogen (secondary N) is 1. The molecule has 0 bridgehead atoms. The number of piperazine rings is 2. The van der Waals surface area contributed by atoms with Crippen LogP contribution in [-0.4, -0.2) is 59.4 Å². The van der Waals surface area contributed by atoms with Crippen LogP contribution in [0.25, 0.3) is 0 Å². The molecule has 0 aromatic heterocycles. The van der Waals surface area contributed by atoms with E-state index in [1.54, 1.807) is 0 Å². The number of benzene rings is 1. The second kappa shape index (κ2) is 6.46. The highest BCUT2D eigenvalue weighted by molar-refractivity contribution is 5.97. The second-order valence-electron chi connectivity index (χ2n) is 5.78. The maximum atomic E-state index is 12.9. The summed E-state index contributed by atoms with van der Waals surface area (Å²) in [4.78, 5) is 39.6. The van der Waals surface area contributed by atoms with E-state index in [0.717, 1.165) is 0 Å². The Morgan fingerprint density at radius 2 is 2.00 bits per heavy atom. The van der Waals surface area contributed by atoms with Gasteiger partial charge in [0.15, 0.2) is 0 Å². The van der Waals surface area contributed by atoms with Gasteiger partial charge in [-0.3, -0.25) is 9.59 Å². The molecule has 128 valence electrons. The largest absolute Gasteiger partial charge is 0.415 e. The van der Waals surface area contributed by atoms with Crippen molar-refractivity contribution in [1.82, 2.24) is 15.1 Å². The van der Waals surface area contributed by atoms with Crippen LogP contribution in [0.15, 0.2) is 24.3 Å². The number of amides is 3. The Hall–Kier alpha value is -2.64. The molecule has 2 aliphatic rings. The van der Waals surface area contributed by atoms with Crippen LogP contribution in [0, 0.1) is 5.82 Å². The van der Waals surface area contributed by atoms with Crippen molar-refractivity contribution >= 4 is 17.9 Å². The van der Waals surface area contributed by atoms with Gasteiger partial charge in [-0.25, -0.2) is 9.18 Å². The minimum absolute atomic E-state index is 0.0774. The van der Waals surface area contributed by atoms with Gasteiger partial charge in [-0.15, -0.1) is 0 Å². The van der Waals surface area contributed by atoms with Crippen LogP contribution in [0.5, 0.6) is 5.75 Å². The zero-order valence-corrected chi connectivity index (χ0v) is 13.2. The van der Waals surface area contributed by atoms with Crippen molar-refractivity contribution in [2.45, 2.75) is 25.4 Å². The maximum absolute atomic E-state index is 12.9. The Bertz CT molecular complexity index is 664. The number of ether oxygens (including phenoxy) is 1. The number of carbonyl (C=O) groups excluding carboxylic acids is 3. The first-order chi connectivity index (χ1) is 11.5. The molecule has 2 atom stereocenters. The number of nitrogens with zero attached hydrogens (tertiary/aromatic N) is 2. The molecule has 8 heteroatoms. The SMILES string of the molecule is CC[C@@H]1NC(=O)[C@H]2CN(C(=O)Oc3ccc(F)cc3)CCN2C1=O. The van der Waals surface area contributed by atoms with Gasteiger partial charge in [-0.05, 0) is 30.7 Å². The van der Waals surface area contributed by atoms with Gasteiger partial charge in [-0.1, -0.05) is 6.92 Å². The normalized spacial score (nSPS) is 23.6. The van der Waals surface area contributed by atoms with Crippen LogP contribution in [0.3, 0.4) is 0 Å². The summed E-state index contributed by atoms with van der Waals surface area (Å²) in [5.41, 5.74) is 0. The Kier molecular flexibility index (Phi) is 4.37. The molecular weight excluding hydrogens is 317 g/mol. The average molecular weight is 335 g/mol. The topological polar surface area (TPSA) is 79.0 Å². The molecule has 2 aliphatic heterocycles. The summed E-state index contributed by atoms with van der Waals surface area (Å²) in [5, 5.41) is 2.68. The minimum Gasteiger partial charge on any atom is -0.410 e. The van der Waals surface area contributed by atoms with Crippen molar-refractivity contribution in [3.63, 3.8) is 0 Å². The van der Waals surface area contributed by atoms with Crippen molar-refractivity contribution in [3.05, 3.63) is 30.1 Å². The van der Waals surface area contributed by atoms with E-state index in [-0.39, 0.29) is 37.2 Å². The highest BCUT2D eigenvalue weighted by atomic mass is 19.1. The van der Waals surface area contributed by atoms with Crippen LogP contribution in [0.4, 0.5) is 9.18 Å². The second-order valence-corrected chi connectivity index (χ2v) is 5.78. The zero-order chi connectivity index (χ0) is 17.3. The molecule has 3 rings (SSSR count). The Balaban J connectivity index is 1.66. The number of hydrogen-bond donors (Lipinski definition) is 1. The number of fused-ring (bicyclic) bond motifs is 1. The summed E-state index contributed by atoms with van der Waals surface area (Å²) in [7, 11) is 0. The number of halogens is 1. The first-order valence-electron chi connectivity index (χ1n) is 7.82. The fourth-order valence-electron chi connectivity index (χ4n) is 2.91. The lowest BCUT2D eigenvalue weighted by Crippen LogP contribution is -2.69. The molecule has 1 N–H and O–H groups in total. The monoisotopic (exact) mass is 335 g/mol. The van der Waals surface area contributed by atoms with E-state index in [9.17, 15) is 18.8 Å². The molecule has 2 heterocycles. The van der Waals surface area contributed by atoms with E-state index < -0.39 is 24.0 Å². The number of rotatable bonds is 2. The quantitative estimate of drug-likeness (QED) is 0.865. The molecule has 2 saturated heterocycles. The molecule has 7 nitrogen and oxygen atoms in total. The van der Waals surface area contributed by atoms with Crippen LogP contribution in [0.2, 0.25) is 0 Å². The molecule has 0 aliphatic carbocycles. The van der Waals surface area contributed by atoms with Crippen LogP contribution in [-0.2, 0) is 9.59 Å². The lowest BCUT2D eigenvalue weighted by molar-refractivity contribution is -0.152. The summed E-state index contributed by atoms with van der Waals surface area (Å²) < 4.78 is 18.1. The standard InChI is InChI=1S/C16H18FN3O4/c1-2-12-15(22)20-8-7-19(9-13(20)14(21)18-12)16(23)24-11-5-3-10(17)4-6-11/h3-6,12-13H,2,7-9H2,1H3,(H,18,21)/t12-,13+/m0/s1. The average Bonchev–Trinajstić information content (AvgIpc) is 2.59. The third kappa shape index (κ3) is 3.04. The molecule has 1 aromatic carbocycles. The predicted molar refractivity (Wildman–Crippen MR) is 81.7 cm³/mol. The van der Waals surface area contributed by atoms with Gasteiger partial charge in [0.25, 0.3) is 0 Å². The minimum atomic E-state index is -0.699. The molecule has 0 unspecified atom stereocenters. The van der Waals surface area contributed by atoms with E-state index in [2.05, 4.69) is 5.32 Å². The fraction of sp³-hybridized carbons (Fsp3) is 0.438. The Labute approximate surface area is 138 Å². The zero-order valence-electron chi connectivity index (χ0n) is 13.2. The van der Waals surface area contributed by atoms with E-state index in [1.165, 1.54) is 34.1 Å². The summed E-state index contributed by atoms with van der Waals surface area (Å²) in [6.07, 6.45) is -0.0940. The molecule has 24 heavy (non-hydrogen) atoms. The van der Waals surface area contributed by atoms with Gasteiger partial charge in [0, 0.05) is 13.1 Å². The van der Waals surface area contributed by atoms with E-state index in [0.29, 0.717) is 6.42 Å². The molecule has 0 saturated carbocycles. The Morgan fingerprint density at radius 1 is 1.29 bits per heavy atom. The first-order valence-corrected chi connectivity index (χ1v) is 7.82. The molecule has 1 aromatic rings. The highest BCUT2D eigenvalue weighted by Gasteiger charge is 2.43. The first kappa shape index (κ1) is 16.2. The van der Waals surface area contributed by atoms with Crippen LogP contribution in [0.1, 0.15) is 13.3 Å². The maximum Gasteiger partial charge on any atom is 0.415 e. The lowest BCUT2D eigenvalue weighted by Gasteiger charge is -2.44. The number of carbonyl (C=O) groups is 3. The van der Waals surface area contributed by atoms with Crippen molar-refractivity contribution < 1.29 is 23.5 Å². The van der Waals surface area contributed by atoms with Gasteiger partial charge >= 0.3 is 6.09 Å². The van der Waals surface area contributed by atoms with Crippen LogP contribution < -0.4 is 10.1 Å². The molecular formula is C16H18FN3O4. The molecule has 3 amide bonds. The van der Waals surface area contributed by atoms with Gasteiger partial charge < -0.3 is 19.9 Å². The van der Waals surface area contributed by atoms with E-state index in [1.807, 2.05) is 6.92 Å². The van der Waals surface area contributed by atoms with Crippen molar-refractivity contribution in [3.8, 4) is 5.75 Å². The Morgan fingerprint density at radius 3 is 2.67 bits per heavy atom. The fourth-order valence-corrected chi connectivity index (χ4v) is 2.91. The smallest absolute Gasteiger partial charge is 0.410 e.